The van der Waals surface area contributed by atoms with Crippen LogP contribution in [-0.2, 0) is 4.74 Å². The van der Waals surface area contributed by atoms with Crippen LogP contribution < -0.4 is 15.4 Å². The monoisotopic (exact) mass is 342 g/mol. The van der Waals surface area contributed by atoms with Crippen molar-refractivity contribution in [3.05, 3.63) is 59.2 Å². The van der Waals surface area contributed by atoms with Gasteiger partial charge in [0.2, 0.25) is 0 Å². The first-order valence-corrected chi connectivity index (χ1v) is 7.93. The third-order valence-electron chi connectivity index (χ3n) is 3.72. The van der Waals surface area contributed by atoms with Crippen molar-refractivity contribution in [3.8, 4) is 5.75 Å². The Hall–Kier alpha value is -3.02. The van der Waals surface area contributed by atoms with Crippen LogP contribution in [0.1, 0.15) is 21.5 Å². The van der Waals surface area contributed by atoms with Crippen molar-refractivity contribution < 1.29 is 19.1 Å². The van der Waals surface area contributed by atoms with Gasteiger partial charge in [-0.05, 0) is 49.2 Å². The summed E-state index contributed by atoms with van der Waals surface area (Å²) in [6, 6.07) is 12.1. The molecule has 0 spiro atoms. The van der Waals surface area contributed by atoms with Crippen molar-refractivity contribution in [2.75, 3.05) is 25.6 Å². The first kappa shape index (κ1) is 18.3. The summed E-state index contributed by atoms with van der Waals surface area (Å²) in [6.07, 6.45) is 0. The molecule has 0 saturated carbocycles. The summed E-state index contributed by atoms with van der Waals surface area (Å²) in [6.45, 7) is 4.73. The number of rotatable bonds is 6. The molecule has 0 aliphatic carbocycles. The number of amides is 2. The van der Waals surface area contributed by atoms with Crippen LogP contribution in [0.25, 0.3) is 0 Å². The summed E-state index contributed by atoms with van der Waals surface area (Å²) in [5, 5.41) is 5.32. The topological polar surface area (TPSA) is 76.7 Å². The van der Waals surface area contributed by atoms with Gasteiger partial charge in [-0.25, -0.2) is 9.59 Å². The number of benzene rings is 2. The van der Waals surface area contributed by atoms with Gasteiger partial charge in [0.25, 0.3) is 0 Å². The lowest BCUT2D eigenvalue weighted by atomic mass is 10.1. The predicted molar refractivity (Wildman–Crippen MR) is 96.2 cm³/mol. The van der Waals surface area contributed by atoms with Gasteiger partial charge in [0.1, 0.15) is 12.4 Å². The van der Waals surface area contributed by atoms with E-state index in [0.717, 1.165) is 11.3 Å². The molecule has 2 rings (SSSR count). The number of anilines is 1. The second kappa shape index (κ2) is 8.73. The number of methoxy groups -OCH3 is 1. The van der Waals surface area contributed by atoms with Gasteiger partial charge in [0.05, 0.1) is 24.9 Å². The fraction of sp³-hybridized carbons (Fsp3) is 0.263. The minimum Gasteiger partial charge on any atom is -0.492 e. The van der Waals surface area contributed by atoms with E-state index in [1.165, 1.54) is 12.7 Å². The maximum absolute atomic E-state index is 12.0. The van der Waals surface area contributed by atoms with E-state index < -0.39 is 12.0 Å². The van der Waals surface area contributed by atoms with E-state index in [4.69, 9.17) is 9.47 Å². The van der Waals surface area contributed by atoms with Crippen molar-refractivity contribution in [3.63, 3.8) is 0 Å². The maximum Gasteiger partial charge on any atom is 0.339 e. The lowest BCUT2D eigenvalue weighted by Crippen LogP contribution is -2.32. The van der Waals surface area contributed by atoms with Crippen molar-refractivity contribution in [2.24, 2.45) is 0 Å². The quantitative estimate of drug-likeness (QED) is 0.624. The number of hydrogen-bond acceptors (Lipinski definition) is 4. The Morgan fingerprint density at radius 2 is 1.80 bits per heavy atom. The van der Waals surface area contributed by atoms with Crippen molar-refractivity contribution in [1.29, 1.82) is 0 Å². The van der Waals surface area contributed by atoms with E-state index in [0.29, 0.717) is 24.4 Å². The maximum atomic E-state index is 12.0. The van der Waals surface area contributed by atoms with Crippen LogP contribution in [0.3, 0.4) is 0 Å². The molecular formula is C19H22N2O4. The molecule has 0 radical (unpaired) electrons. The second-order valence-corrected chi connectivity index (χ2v) is 5.51. The van der Waals surface area contributed by atoms with E-state index in [1.54, 1.807) is 24.3 Å². The summed E-state index contributed by atoms with van der Waals surface area (Å²) in [7, 11) is 1.29. The Bertz CT molecular complexity index is 759. The Morgan fingerprint density at radius 3 is 2.52 bits per heavy atom. The first-order chi connectivity index (χ1) is 12.0. The fourth-order valence-corrected chi connectivity index (χ4v) is 2.18. The molecule has 0 atom stereocenters. The van der Waals surface area contributed by atoms with Gasteiger partial charge in [-0.3, -0.25) is 0 Å². The Balaban J connectivity index is 1.81. The van der Waals surface area contributed by atoms with E-state index in [1.807, 2.05) is 32.0 Å². The molecule has 6 nitrogen and oxygen atoms in total. The lowest BCUT2D eigenvalue weighted by molar-refractivity contribution is 0.0602. The summed E-state index contributed by atoms with van der Waals surface area (Å²) >= 11 is 0. The highest BCUT2D eigenvalue weighted by atomic mass is 16.5. The molecule has 25 heavy (non-hydrogen) atoms. The molecule has 0 saturated heterocycles. The van der Waals surface area contributed by atoms with E-state index in [-0.39, 0.29) is 0 Å². The summed E-state index contributed by atoms with van der Waals surface area (Å²) in [5.74, 6) is 0.260. The molecule has 0 aromatic heterocycles. The molecule has 132 valence electrons. The zero-order valence-corrected chi connectivity index (χ0v) is 14.6. The Kier molecular flexibility index (Phi) is 6.39. The van der Waals surface area contributed by atoms with Crippen molar-refractivity contribution >= 4 is 17.7 Å². The smallest absolute Gasteiger partial charge is 0.339 e. The molecule has 0 fully saturated rings. The molecule has 6 heteroatoms. The highest BCUT2D eigenvalue weighted by molar-refractivity contribution is 6.00. The summed E-state index contributed by atoms with van der Waals surface area (Å²) in [5.41, 5.74) is 3.05. The molecule has 2 N–H and O–H groups in total. The molecule has 0 aliphatic heterocycles. The molecule has 2 aromatic rings. The zero-order chi connectivity index (χ0) is 18.2. The van der Waals surface area contributed by atoms with Gasteiger partial charge in [0, 0.05) is 0 Å². The third-order valence-corrected chi connectivity index (χ3v) is 3.72. The van der Waals surface area contributed by atoms with E-state index >= 15 is 0 Å². The fourth-order valence-electron chi connectivity index (χ4n) is 2.18. The third kappa shape index (κ3) is 5.24. The van der Waals surface area contributed by atoms with Crippen LogP contribution in [0.4, 0.5) is 10.5 Å². The van der Waals surface area contributed by atoms with Crippen LogP contribution in [-0.4, -0.2) is 32.3 Å². The van der Waals surface area contributed by atoms with Gasteiger partial charge in [-0.15, -0.1) is 0 Å². The summed E-state index contributed by atoms with van der Waals surface area (Å²) < 4.78 is 10.3. The van der Waals surface area contributed by atoms with Crippen molar-refractivity contribution in [2.45, 2.75) is 13.8 Å². The normalized spacial score (nSPS) is 10.0. The zero-order valence-electron chi connectivity index (χ0n) is 14.6. The number of hydrogen-bond donors (Lipinski definition) is 2. The predicted octanol–water partition coefficient (Wildman–Crippen LogP) is 3.29. The standard InChI is InChI=1S/C19H22N2O4/c1-13-8-9-15(12-14(13)2)25-11-10-20-19(23)21-17-7-5-4-6-16(17)18(22)24-3/h4-9,12H,10-11H2,1-3H3,(H2,20,21,23). The number of aryl methyl sites for hydroxylation is 2. The number of carbonyl (C=O) groups excluding carboxylic acids is 2. The molecular weight excluding hydrogens is 320 g/mol. The van der Waals surface area contributed by atoms with Crippen LogP contribution in [0, 0.1) is 13.8 Å². The van der Waals surface area contributed by atoms with Gasteiger partial charge < -0.3 is 20.1 Å². The van der Waals surface area contributed by atoms with Crippen molar-refractivity contribution in [1.82, 2.24) is 5.32 Å². The highest BCUT2D eigenvalue weighted by Gasteiger charge is 2.12. The minimum atomic E-state index is -0.506. The second-order valence-electron chi connectivity index (χ2n) is 5.51. The number of urea groups is 1. The van der Waals surface area contributed by atoms with Crippen LogP contribution in [0.2, 0.25) is 0 Å². The molecule has 2 aromatic carbocycles. The van der Waals surface area contributed by atoms with E-state index in [9.17, 15) is 9.59 Å². The molecule has 2 amide bonds. The van der Waals surface area contributed by atoms with Gasteiger partial charge >= 0.3 is 12.0 Å². The molecule has 0 unspecified atom stereocenters. The van der Waals surface area contributed by atoms with Crippen LogP contribution in [0.5, 0.6) is 5.75 Å². The van der Waals surface area contributed by atoms with Gasteiger partial charge in [-0.2, -0.15) is 0 Å². The largest absolute Gasteiger partial charge is 0.492 e. The number of para-hydroxylation sites is 1. The Morgan fingerprint density at radius 1 is 1.04 bits per heavy atom. The number of ether oxygens (including phenoxy) is 2. The summed E-state index contributed by atoms with van der Waals surface area (Å²) in [4.78, 5) is 23.6. The van der Waals surface area contributed by atoms with Crippen LogP contribution >= 0.6 is 0 Å². The minimum absolute atomic E-state index is 0.298. The van der Waals surface area contributed by atoms with Gasteiger partial charge in [-0.1, -0.05) is 18.2 Å². The van der Waals surface area contributed by atoms with E-state index in [2.05, 4.69) is 10.6 Å². The highest BCUT2D eigenvalue weighted by Crippen LogP contribution is 2.17. The lowest BCUT2D eigenvalue weighted by Gasteiger charge is -2.12. The number of esters is 1. The molecule has 0 aliphatic rings. The average Bonchev–Trinajstić information content (AvgIpc) is 2.61. The van der Waals surface area contributed by atoms with Crippen LogP contribution in [0.15, 0.2) is 42.5 Å². The number of carbonyl (C=O) groups is 2. The molecule has 0 heterocycles. The molecule has 0 bridgehead atoms. The first-order valence-electron chi connectivity index (χ1n) is 7.93. The van der Waals surface area contributed by atoms with Gasteiger partial charge in [0.15, 0.2) is 0 Å². The average molecular weight is 342 g/mol. The number of nitrogens with one attached hydrogen (secondary N) is 2. The SMILES string of the molecule is COC(=O)c1ccccc1NC(=O)NCCOc1ccc(C)c(C)c1. The Labute approximate surface area is 147 Å².